The molecule has 0 N–H and O–H groups in total. The summed E-state index contributed by atoms with van der Waals surface area (Å²) in [6, 6.07) is -0.0000463. The van der Waals surface area contributed by atoms with Crippen LogP contribution in [0.15, 0.2) is 12.7 Å². The molecule has 0 aromatic rings. The Hall–Kier alpha value is -0.480. The Bertz CT molecular complexity index is 260. The van der Waals surface area contributed by atoms with Gasteiger partial charge in [-0.25, -0.2) is 4.31 Å². The molecule has 1 fully saturated rings. The molecule has 0 saturated carbocycles. The third kappa shape index (κ3) is 3.24. The first-order valence-electron chi connectivity index (χ1n) is 5.17. The molecule has 1 saturated heterocycles. The summed E-state index contributed by atoms with van der Waals surface area (Å²) in [6.45, 7) is 12.4. The van der Waals surface area contributed by atoms with Gasteiger partial charge in [-0.05, 0) is 27.7 Å². The lowest BCUT2D eigenvalue weighted by atomic mass is 10.3. The second-order valence-corrected chi connectivity index (χ2v) is 6.32. The number of carbonyl (C=O) groups excluding carboxylic acids is 1. The van der Waals surface area contributed by atoms with E-state index in [4.69, 9.17) is 4.74 Å². The maximum atomic E-state index is 11.5. The minimum atomic E-state index is -0.140. The van der Waals surface area contributed by atoms with Crippen molar-refractivity contribution in [1.29, 1.82) is 0 Å². The summed E-state index contributed by atoms with van der Waals surface area (Å²) >= 11 is 1.68. The van der Waals surface area contributed by atoms with Crippen LogP contribution in [-0.4, -0.2) is 33.7 Å². The number of hydrogen-bond acceptors (Lipinski definition) is 4. The van der Waals surface area contributed by atoms with E-state index in [1.165, 1.54) is 0 Å². The van der Waals surface area contributed by atoms with Crippen molar-refractivity contribution in [3.8, 4) is 0 Å². The normalized spacial score (nSPS) is 29.7. The molecule has 0 aromatic carbocycles. The summed E-state index contributed by atoms with van der Waals surface area (Å²) in [5, 5.41) is 0. The van der Waals surface area contributed by atoms with Gasteiger partial charge in [-0.1, -0.05) is 18.0 Å². The Morgan fingerprint density at radius 1 is 1.60 bits per heavy atom. The molecule has 1 unspecified atom stereocenters. The fourth-order valence-electron chi connectivity index (χ4n) is 1.37. The highest BCUT2D eigenvalue weighted by Gasteiger charge is 2.53. The third-order valence-corrected chi connectivity index (χ3v) is 3.18. The van der Waals surface area contributed by atoms with Crippen molar-refractivity contribution in [3.63, 3.8) is 0 Å². The van der Waals surface area contributed by atoms with Crippen LogP contribution in [0.4, 0.5) is 0 Å². The molecule has 1 rings (SSSR count). The van der Waals surface area contributed by atoms with Crippen LogP contribution in [0.2, 0.25) is 0 Å². The van der Waals surface area contributed by atoms with Crippen LogP contribution in [0.1, 0.15) is 27.7 Å². The molecule has 0 aromatic heterocycles. The number of ether oxygens (including phenoxy) is 1. The summed E-state index contributed by atoms with van der Waals surface area (Å²) in [7, 11) is 0. The zero-order chi connectivity index (χ0) is 11.6. The highest BCUT2D eigenvalue weighted by Crippen LogP contribution is 2.43. The van der Waals surface area contributed by atoms with Crippen molar-refractivity contribution >= 4 is 17.9 Å². The Kier molecular flexibility index (Phi) is 3.84. The third-order valence-electron chi connectivity index (χ3n) is 1.95. The minimum Gasteiger partial charge on any atom is -0.465 e. The largest absolute Gasteiger partial charge is 0.465 e. The Morgan fingerprint density at radius 3 is 2.60 bits per heavy atom. The maximum Gasteiger partial charge on any atom is 0.326 e. The first kappa shape index (κ1) is 12.6. The first-order chi connectivity index (χ1) is 6.90. The van der Waals surface area contributed by atoms with E-state index in [-0.39, 0.29) is 22.8 Å². The average Bonchev–Trinajstić information content (AvgIpc) is 2.75. The highest BCUT2D eigenvalue weighted by molar-refractivity contribution is 7.98. The number of esters is 1. The fraction of sp³-hybridized carbons (Fsp3) is 0.727. The predicted octanol–water partition coefficient (Wildman–Crippen LogP) is 2.24. The topological polar surface area (TPSA) is 29.3 Å². The summed E-state index contributed by atoms with van der Waals surface area (Å²) in [5.74, 6) is -0.140. The van der Waals surface area contributed by atoms with Crippen LogP contribution in [0.3, 0.4) is 0 Å². The summed E-state index contributed by atoms with van der Waals surface area (Å²) < 4.78 is 7.16. The van der Waals surface area contributed by atoms with E-state index in [0.717, 1.165) is 0 Å². The molecule has 0 aliphatic carbocycles. The molecule has 3 atom stereocenters. The van der Waals surface area contributed by atoms with Gasteiger partial charge in [0.1, 0.15) is 6.04 Å². The lowest BCUT2D eigenvalue weighted by molar-refractivity contribution is -0.142. The molecule has 1 aliphatic heterocycles. The van der Waals surface area contributed by atoms with Crippen LogP contribution in [0, 0.1) is 0 Å². The quantitative estimate of drug-likeness (QED) is 0.320. The van der Waals surface area contributed by atoms with E-state index < -0.39 is 0 Å². The number of hydrogen-bond donors (Lipinski definition) is 0. The van der Waals surface area contributed by atoms with Crippen molar-refractivity contribution in [2.45, 2.75) is 44.5 Å². The minimum absolute atomic E-state index is 0.114. The zero-order valence-corrected chi connectivity index (χ0v) is 10.6. The molecule has 4 heteroatoms. The second-order valence-electron chi connectivity index (χ2n) is 4.49. The zero-order valence-electron chi connectivity index (χ0n) is 9.82. The van der Waals surface area contributed by atoms with E-state index in [9.17, 15) is 4.79 Å². The maximum absolute atomic E-state index is 11.5. The molecule has 1 aliphatic rings. The second kappa shape index (κ2) is 4.58. The molecule has 0 radical (unpaired) electrons. The van der Waals surface area contributed by atoms with Crippen LogP contribution >= 0.6 is 11.9 Å². The molecular formula is C11H19NO2S. The molecule has 0 bridgehead atoms. The van der Waals surface area contributed by atoms with Crippen molar-refractivity contribution in [2.24, 2.45) is 0 Å². The standard InChI is InChI=1S/C11H19NO2S/c1-6-8-9(10(13)14-7-2)12(8)15-11(3,4)5/h6,8-9H,1,7H2,2-5H3/t8-,9-,12?/m1/s1. The van der Waals surface area contributed by atoms with E-state index in [1.807, 2.05) is 11.2 Å². The molecule has 86 valence electrons. The number of carbonyl (C=O) groups is 1. The summed E-state index contributed by atoms with van der Waals surface area (Å²) in [5.41, 5.74) is 0. The first-order valence-corrected chi connectivity index (χ1v) is 5.94. The predicted molar refractivity (Wildman–Crippen MR) is 63.6 cm³/mol. The van der Waals surface area contributed by atoms with Gasteiger partial charge in [0.2, 0.25) is 0 Å². The van der Waals surface area contributed by atoms with Gasteiger partial charge in [0.15, 0.2) is 0 Å². The Balaban J connectivity index is 2.54. The monoisotopic (exact) mass is 229 g/mol. The van der Waals surface area contributed by atoms with Gasteiger partial charge in [0.05, 0.1) is 12.6 Å². The van der Waals surface area contributed by atoms with Gasteiger partial charge < -0.3 is 4.74 Å². The summed E-state index contributed by atoms with van der Waals surface area (Å²) in [4.78, 5) is 11.5. The lowest BCUT2D eigenvalue weighted by Gasteiger charge is -2.18. The Morgan fingerprint density at radius 2 is 2.20 bits per heavy atom. The summed E-state index contributed by atoms with van der Waals surface area (Å²) in [6.07, 6.45) is 1.81. The van der Waals surface area contributed by atoms with Crippen molar-refractivity contribution in [3.05, 3.63) is 12.7 Å². The SMILES string of the molecule is C=C[C@@H]1[C@H](C(=O)OCC)N1SC(C)(C)C. The van der Waals surface area contributed by atoms with E-state index in [0.29, 0.717) is 6.61 Å². The molecule has 0 amide bonds. The van der Waals surface area contributed by atoms with E-state index >= 15 is 0 Å². The molecule has 0 spiro atoms. The lowest BCUT2D eigenvalue weighted by Crippen LogP contribution is -2.17. The van der Waals surface area contributed by atoms with Gasteiger partial charge in [-0.3, -0.25) is 4.79 Å². The molecule has 3 nitrogen and oxygen atoms in total. The van der Waals surface area contributed by atoms with Gasteiger partial charge in [-0.15, -0.1) is 6.58 Å². The molecular weight excluding hydrogens is 210 g/mol. The van der Waals surface area contributed by atoms with Crippen LogP contribution in [-0.2, 0) is 9.53 Å². The molecule has 15 heavy (non-hydrogen) atoms. The average molecular weight is 229 g/mol. The van der Waals surface area contributed by atoms with Gasteiger partial charge in [0, 0.05) is 4.75 Å². The highest BCUT2D eigenvalue weighted by atomic mass is 32.2. The van der Waals surface area contributed by atoms with Crippen LogP contribution < -0.4 is 0 Å². The number of rotatable bonds is 4. The van der Waals surface area contributed by atoms with E-state index in [1.54, 1.807) is 18.0 Å². The van der Waals surface area contributed by atoms with Gasteiger partial charge in [-0.2, -0.15) is 0 Å². The van der Waals surface area contributed by atoms with Crippen molar-refractivity contribution in [1.82, 2.24) is 4.31 Å². The van der Waals surface area contributed by atoms with Crippen molar-refractivity contribution < 1.29 is 9.53 Å². The Labute approximate surface area is 96.0 Å². The number of nitrogens with zero attached hydrogens (tertiary/aromatic N) is 1. The molecule has 1 heterocycles. The van der Waals surface area contributed by atoms with Crippen LogP contribution in [0.25, 0.3) is 0 Å². The van der Waals surface area contributed by atoms with Crippen LogP contribution in [0.5, 0.6) is 0 Å². The fourth-order valence-corrected chi connectivity index (χ4v) is 2.59. The van der Waals surface area contributed by atoms with Crippen molar-refractivity contribution in [2.75, 3.05) is 6.61 Å². The van der Waals surface area contributed by atoms with E-state index in [2.05, 4.69) is 27.4 Å². The van der Waals surface area contributed by atoms with Gasteiger partial charge in [0.25, 0.3) is 0 Å². The smallest absolute Gasteiger partial charge is 0.326 e. The van der Waals surface area contributed by atoms with Gasteiger partial charge >= 0.3 is 5.97 Å².